The van der Waals surface area contributed by atoms with E-state index in [-0.39, 0.29) is 12.5 Å². The maximum Gasteiger partial charge on any atom is 0.244 e. The standard InChI is InChI=1S/C25H35N3O5S/c1-7-15-26-25(30)20(4)27(16-21-11-13-22(33-5)14-12-21)23(29)17-28(34(6,31)32)24-18(2)9-8-10-19(24)3/h8-14,20H,7,15-17H2,1-6H3,(H,26,30). The van der Waals surface area contributed by atoms with Gasteiger partial charge in [-0.1, -0.05) is 37.3 Å². The van der Waals surface area contributed by atoms with Crippen LogP contribution in [0.15, 0.2) is 42.5 Å². The zero-order valence-electron chi connectivity index (χ0n) is 20.8. The molecule has 2 aromatic rings. The maximum absolute atomic E-state index is 13.6. The van der Waals surface area contributed by atoms with Crippen molar-refractivity contribution in [3.05, 3.63) is 59.2 Å². The number of carbonyl (C=O) groups is 2. The molecule has 2 aromatic carbocycles. The van der Waals surface area contributed by atoms with Crippen molar-refractivity contribution in [2.45, 2.75) is 46.7 Å². The second kappa shape index (κ2) is 11.9. The minimum absolute atomic E-state index is 0.147. The summed E-state index contributed by atoms with van der Waals surface area (Å²) < 4.78 is 31.8. The Morgan fingerprint density at radius 3 is 2.15 bits per heavy atom. The summed E-state index contributed by atoms with van der Waals surface area (Å²) in [6.07, 6.45) is 1.84. The highest BCUT2D eigenvalue weighted by atomic mass is 32.2. The van der Waals surface area contributed by atoms with Crippen molar-refractivity contribution >= 4 is 27.5 Å². The zero-order valence-corrected chi connectivity index (χ0v) is 21.6. The van der Waals surface area contributed by atoms with E-state index in [9.17, 15) is 18.0 Å². The second-order valence-electron chi connectivity index (χ2n) is 8.35. The first-order valence-electron chi connectivity index (χ1n) is 11.2. The smallest absolute Gasteiger partial charge is 0.244 e. The van der Waals surface area contributed by atoms with Crippen molar-refractivity contribution in [2.24, 2.45) is 0 Å². The number of ether oxygens (including phenoxy) is 1. The highest BCUT2D eigenvalue weighted by Crippen LogP contribution is 2.27. The number of amides is 2. The number of para-hydroxylation sites is 1. The van der Waals surface area contributed by atoms with Gasteiger partial charge < -0.3 is 15.0 Å². The lowest BCUT2D eigenvalue weighted by molar-refractivity contribution is -0.139. The number of nitrogens with one attached hydrogen (secondary N) is 1. The van der Waals surface area contributed by atoms with Crippen LogP contribution in [0.25, 0.3) is 0 Å². The number of aryl methyl sites for hydroxylation is 2. The highest BCUT2D eigenvalue weighted by Gasteiger charge is 2.31. The van der Waals surface area contributed by atoms with Gasteiger partial charge >= 0.3 is 0 Å². The lowest BCUT2D eigenvalue weighted by Crippen LogP contribution is -2.51. The Labute approximate surface area is 202 Å². The molecule has 186 valence electrons. The Morgan fingerprint density at radius 1 is 1.06 bits per heavy atom. The number of methoxy groups -OCH3 is 1. The summed E-state index contributed by atoms with van der Waals surface area (Å²) in [5.41, 5.74) is 2.76. The van der Waals surface area contributed by atoms with Crippen molar-refractivity contribution in [2.75, 3.05) is 30.8 Å². The lowest BCUT2D eigenvalue weighted by atomic mass is 10.1. The summed E-state index contributed by atoms with van der Waals surface area (Å²) >= 11 is 0. The minimum atomic E-state index is -3.76. The van der Waals surface area contributed by atoms with Crippen LogP contribution in [0, 0.1) is 13.8 Å². The number of nitrogens with zero attached hydrogens (tertiary/aromatic N) is 2. The van der Waals surface area contributed by atoms with Crippen molar-refractivity contribution in [3.8, 4) is 5.75 Å². The van der Waals surface area contributed by atoms with Crippen molar-refractivity contribution < 1.29 is 22.7 Å². The van der Waals surface area contributed by atoms with Gasteiger partial charge in [-0.2, -0.15) is 0 Å². The van der Waals surface area contributed by atoms with Crippen LogP contribution in [0.1, 0.15) is 37.0 Å². The average Bonchev–Trinajstić information content (AvgIpc) is 2.79. The van der Waals surface area contributed by atoms with Gasteiger partial charge in [0.2, 0.25) is 21.8 Å². The molecular formula is C25H35N3O5S. The van der Waals surface area contributed by atoms with Crippen molar-refractivity contribution in [1.82, 2.24) is 10.2 Å². The van der Waals surface area contributed by atoms with Crippen LogP contribution in [0.5, 0.6) is 5.75 Å². The van der Waals surface area contributed by atoms with E-state index in [1.165, 1.54) is 4.90 Å². The Bertz CT molecular complexity index is 1080. The molecule has 1 atom stereocenters. The molecule has 9 heteroatoms. The normalized spacial score (nSPS) is 12.1. The molecule has 0 radical (unpaired) electrons. The highest BCUT2D eigenvalue weighted by molar-refractivity contribution is 7.92. The van der Waals surface area contributed by atoms with E-state index in [2.05, 4.69) is 5.32 Å². The van der Waals surface area contributed by atoms with Gasteiger partial charge in [0.1, 0.15) is 18.3 Å². The second-order valence-corrected chi connectivity index (χ2v) is 10.3. The van der Waals surface area contributed by atoms with E-state index in [0.29, 0.717) is 18.0 Å². The molecule has 0 heterocycles. The molecular weight excluding hydrogens is 454 g/mol. The van der Waals surface area contributed by atoms with E-state index in [0.717, 1.165) is 33.7 Å². The zero-order chi connectivity index (χ0) is 25.5. The third-order valence-corrected chi connectivity index (χ3v) is 6.71. The summed E-state index contributed by atoms with van der Waals surface area (Å²) in [5.74, 6) is -0.0848. The topological polar surface area (TPSA) is 96.0 Å². The number of carbonyl (C=O) groups excluding carboxylic acids is 2. The fourth-order valence-electron chi connectivity index (χ4n) is 3.68. The molecule has 1 unspecified atom stereocenters. The number of benzene rings is 2. The molecule has 2 amide bonds. The molecule has 8 nitrogen and oxygen atoms in total. The Hall–Kier alpha value is -3.07. The van der Waals surface area contributed by atoms with Crippen molar-refractivity contribution in [3.63, 3.8) is 0 Å². The minimum Gasteiger partial charge on any atom is -0.497 e. The molecule has 0 aliphatic carbocycles. The van der Waals surface area contributed by atoms with Gasteiger partial charge in [0.05, 0.1) is 19.1 Å². The van der Waals surface area contributed by atoms with Gasteiger partial charge in [-0.05, 0) is 56.0 Å². The fraction of sp³-hybridized carbons (Fsp3) is 0.440. The fourth-order valence-corrected chi connectivity index (χ4v) is 4.65. The molecule has 0 fully saturated rings. The summed E-state index contributed by atoms with van der Waals surface area (Å²) in [6, 6.07) is 11.8. The van der Waals surface area contributed by atoms with Gasteiger partial charge in [0.15, 0.2) is 0 Å². The Morgan fingerprint density at radius 2 is 1.65 bits per heavy atom. The number of anilines is 1. The molecule has 0 aromatic heterocycles. The summed E-state index contributed by atoms with van der Waals surface area (Å²) in [5, 5.41) is 2.82. The number of sulfonamides is 1. The Balaban J connectivity index is 2.42. The van der Waals surface area contributed by atoms with Crippen molar-refractivity contribution in [1.29, 1.82) is 0 Å². The third kappa shape index (κ3) is 6.96. The van der Waals surface area contributed by atoms with E-state index >= 15 is 0 Å². The molecule has 2 rings (SSSR count). The van der Waals surface area contributed by atoms with E-state index in [1.54, 1.807) is 52.1 Å². The molecule has 0 saturated heterocycles. The van der Waals surface area contributed by atoms with Crippen LogP contribution in [0.4, 0.5) is 5.69 Å². The molecule has 0 aliphatic rings. The van der Waals surface area contributed by atoms with Crippen LogP contribution >= 0.6 is 0 Å². The predicted molar refractivity (Wildman–Crippen MR) is 134 cm³/mol. The number of hydrogen-bond donors (Lipinski definition) is 1. The maximum atomic E-state index is 13.6. The van der Waals surface area contributed by atoms with Crippen LogP contribution in [0.2, 0.25) is 0 Å². The van der Waals surface area contributed by atoms with Crippen LogP contribution < -0.4 is 14.4 Å². The van der Waals surface area contributed by atoms with Crippen LogP contribution in [-0.2, 0) is 26.2 Å². The first-order chi connectivity index (χ1) is 16.0. The molecule has 0 spiro atoms. The van der Waals surface area contributed by atoms with E-state index in [1.807, 2.05) is 25.1 Å². The van der Waals surface area contributed by atoms with Crippen LogP contribution in [-0.4, -0.2) is 57.6 Å². The quantitative estimate of drug-likeness (QED) is 0.523. The van der Waals surface area contributed by atoms with Gasteiger partial charge in [-0.25, -0.2) is 8.42 Å². The monoisotopic (exact) mass is 489 g/mol. The number of rotatable bonds is 11. The average molecular weight is 490 g/mol. The molecule has 0 saturated carbocycles. The summed E-state index contributed by atoms with van der Waals surface area (Å²) in [7, 11) is -2.20. The van der Waals surface area contributed by atoms with E-state index < -0.39 is 28.5 Å². The Kier molecular flexibility index (Phi) is 9.49. The number of hydrogen-bond acceptors (Lipinski definition) is 5. The predicted octanol–water partition coefficient (Wildman–Crippen LogP) is 3.02. The third-order valence-electron chi connectivity index (χ3n) is 5.60. The largest absolute Gasteiger partial charge is 0.497 e. The van der Waals surface area contributed by atoms with Gasteiger partial charge in [0, 0.05) is 13.1 Å². The van der Waals surface area contributed by atoms with Crippen LogP contribution in [0.3, 0.4) is 0 Å². The molecule has 0 bridgehead atoms. The lowest BCUT2D eigenvalue weighted by Gasteiger charge is -2.32. The van der Waals surface area contributed by atoms with Gasteiger partial charge in [0.25, 0.3) is 0 Å². The van der Waals surface area contributed by atoms with Gasteiger partial charge in [-0.3, -0.25) is 13.9 Å². The summed E-state index contributed by atoms with van der Waals surface area (Å²) in [4.78, 5) is 27.7. The molecule has 34 heavy (non-hydrogen) atoms. The SMILES string of the molecule is CCCNC(=O)C(C)N(Cc1ccc(OC)cc1)C(=O)CN(c1c(C)cccc1C)S(C)(=O)=O. The first kappa shape index (κ1) is 27.2. The van der Waals surface area contributed by atoms with Gasteiger partial charge in [-0.15, -0.1) is 0 Å². The molecule has 1 N–H and O–H groups in total. The van der Waals surface area contributed by atoms with E-state index in [4.69, 9.17) is 4.74 Å². The summed E-state index contributed by atoms with van der Waals surface area (Å²) in [6.45, 7) is 7.43. The molecule has 0 aliphatic heterocycles. The first-order valence-corrected chi connectivity index (χ1v) is 13.1.